The van der Waals surface area contributed by atoms with E-state index in [0.29, 0.717) is 60.3 Å². The lowest BCUT2D eigenvalue weighted by Gasteiger charge is -2.38. The highest BCUT2D eigenvalue weighted by molar-refractivity contribution is 6.39. The number of carbonyl (C=O) groups is 4. The van der Waals surface area contributed by atoms with Gasteiger partial charge in [0.25, 0.3) is 0 Å². The minimum Gasteiger partial charge on any atom is -0.474 e. The molecular weight excluding hydrogens is 766 g/mol. The van der Waals surface area contributed by atoms with Crippen molar-refractivity contribution in [1.82, 2.24) is 20.2 Å². The number of nitrogen functional groups attached to an aromatic ring is 2. The number of benzene rings is 2. The fraction of sp³-hybridized carbons (Fsp3) is 0.395. The molecule has 0 bridgehead atoms. The van der Waals surface area contributed by atoms with Crippen LogP contribution in [0.1, 0.15) is 89.0 Å². The van der Waals surface area contributed by atoms with E-state index in [1.165, 1.54) is 42.9 Å². The van der Waals surface area contributed by atoms with Gasteiger partial charge in [-0.1, -0.05) is 45.0 Å². The highest BCUT2D eigenvalue weighted by Gasteiger charge is 2.34. The molecule has 2 aromatic heterocycles. The van der Waals surface area contributed by atoms with Crippen molar-refractivity contribution in [2.45, 2.75) is 84.2 Å². The topological polar surface area (TPSA) is 206 Å². The summed E-state index contributed by atoms with van der Waals surface area (Å²) in [5.74, 6) is -2.78. The highest BCUT2D eigenvalue weighted by atomic mass is 19.1. The quantitative estimate of drug-likeness (QED) is 0.112. The van der Waals surface area contributed by atoms with Gasteiger partial charge in [0.1, 0.15) is 23.3 Å². The van der Waals surface area contributed by atoms with E-state index in [1.54, 1.807) is 41.3 Å². The van der Waals surface area contributed by atoms with Gasteiger partial charge < -0.3 is 37.4 Å². The van der Waals surface area contributed by atoms with E-state index in [1.807, 2.05) is 26.0 Å². The van der Waals surface area contributed by atoms with E-state index in [0.717, 1.165) is 36.1 Å². The van der Waals surface area contributed by atoms with Crippen LogP contribution in [0.3, 0.4) is 0 Å². The number of amides is 3. The number of aryl methyl sites for hydroxylation is 2. The van der Waals surface area contributed by atoms with E-state index in [9.17, 15) is 32.3 Å². The van der Waals surface area contributed by atoms with Crippen molar-refractivity contribution in [3.05, 3.63) is 107 Å². The molecule has 2 saturated heterocycles. The number of rotatable bonds is 6. The third-order valence-electron chi connectivity index (χ3n) is 10.0. The van der Waals surface area contributed by atoms with Gasteiger partial charge in [0, 0.05) is 19.1 Å². The van der Waals surface area contributed by atoms with Crippen molar-refractivity contribution in [3.8, 4) is 0 Å². The summed E-state index contributed by atoms with van der Waals surface area (Å²) < 4.78 is 41.5. The van der Waals surface area contributed by atoms with Gasteiger partial charge in [-0.2, -0.15) is 0 Å². The molecule has 6 rings (SSSR count). The molecule has 0 unspecified atom stereocenters. The summed E-state index contributed by atoms with van der Waals surface area (Å²) in [7, 11) is -1.00. The summed E-state index contributed by atoms with van der Waals surface area (Å²) in [4.78, 5) is 56.1. The standard InChI is InChI=1S/C21H25FN4O2.C12H16FN.C9H11N3O3.CH3F/c1-3-14-10-17(11-24-19(14)23)25-20(27)21(28)26-12-13(2)4-9-18(26)15-5-7-16(22)8-6-15;1-9-2-3-11(8-14-9)10-4-6-12(13)7-5-10;1-2-5-3-6(4-11-7(5)10)12-8(13)9(14)15;1-2/h5-8,10-11,13,18H,3-4,9,12H2,1-2H3,(H2,23,24)(H,25,27);4-7,9,11,14H,2-3,8H2,1H3;3-4H,2H2,1H3,(H2,10,11)(H,12,13)(H,14,15);1H3/t13-,18+;9-,11-;;/m11../s1/i;;;1D. The molecule has 8 N–H and O–H groups in total. The molecule has 16 heteroatoms. The van der Waals surface area contributed by atoms with Gasteiger partial charge in [-0.05, 0) is 116 Å². The van der Waals surface area contributed by atoms with E-state index < -0.39 is 30.8 Å². The summed E-state index contributed by atoms with van der Waals surface area (Å²) >= 11 is 0. The Balaban J connectivity index is 0.000000253. The van der Waals surface area contributed by atoms with Crippen LogP contribution in [0.25, 0.3) is 0 Å². The number of anilines is 4. The third kappa shape index (κ3) is 14.4. The molecule has 3 amide bonds. The van der Waals surface area contributed by atoms with Crippen molar-refractivity contribution in [3.63, 3.8) is 0 Å². The molecular formula is C43H55F3N8O5. The number of carbonyl (C=O) groups excluding carboxylic acids is 3. The van der Waals surface area contributed by atoms with Gasteiger partial charge in [-0.15, -0.1) is 0 Å². The fourth-order valence-electron chi connectivity index (χ4n) is 6.67. The minimum absolute atomic E-state index is 0.147. The minimum atomic E-state index is -1.54. The Bertz CT molecular complexity index is 2020. The number of hydrogen-bond acceptors (Lipinski definition) is 9. The lowest BCUT2D eigenvalue weighted by Crippen LogP contribution is -2.46. The SMILES string of the molecule is CCc1cc(NC(=O)C(=O)N2C[C@H](C)CC[C@H]2c2ccc(F)cc2)cnc1N.CCc1cc(NC(=O)C(=O)O)cnc1N.C[C@@H]1CC[C@@H](c2ccc(F)cc2)CN1.[2H]CF. The van der Waals surface area contributed by atoms with Crippen molar-refractivity contribution < 1.29 is 38.8 Å². The highest BCUT2D eigenvalue weighted by Crippen LogP contribution is 2.34. The van der Waals surface area contributed by atoms with Crippen LogP contribution in [0.15, 0.2) is 73.1 Å². The molecule has 2 aliphatic heterocycles. The predicted octanol–water partition coefficient (Wildman–Crippen LogP) is 6.82. The molecule has 2 aromatic carbocycles. The number of nitrogens with one attached hydrogen (secondary N) is 3. The van der Waals surface area contributed by atoms with E-state index >= 15 is 0 Å². The molecule has 4 atom stereocenters. The third-order valence-corrected chi connectivity index (χ3v) is 10.0. The molecule has 13 nitrogen and oxygen atoms in total. The van der Waals surface area contributed by atoms with Gasteiger partial charge in [0.15, 0.2) is 0 Å². The second kappa shape index (κ2) is 23.4. The number of halogens is 3. The second-order valence-corrected chi connectivity index (χ2v) is 14.3. The number of aromatic nitrogens is 2. The van der Waals surface area contributed by atoms with Crippen LogP contribution < -0.4 is 27.4 Å². The summed E-state index contributed by atoms with van der Waals surface area (Å²) in [5.41, 5.74) is 15.8. The second-order valence-electron chi connectivity index (χ2n) is 14.3. The molecule has 0 saturated carbocycles. The number of alkyl halides is 1. The maximum atomic E-state index is 13.3. The first-order valence-corrected chi connectivity index (χ1v) is 19.3. The van der Waals surface area contributed by atoms with Gasteiger partial charge in [0.2, 0.25) is 0 Å². The Labute approximate surface area is 344 Å². The van der Waals surface area contributed by atoms with Crippen LogP contribution in [0.5, 0.6) is 0 Å². The Hall–Kier alpha value is -6.03. The molecule has 0 aliphatic carbocycles. The summed E-state index contributed by atoms with van der Waals surface area (Å²) in [5, 5.41) is 16.6. The van der Waals surface area contributed by atoms with Crippen LogP contribution in [0.2, 0.25) is 0 Å². The molecule has 4 heterocycles. The van der Waals surface area contributed by atoms with Gasteiger partial charge in [-0.3, -0.25) is 18.8 Å². The van der Waals surface area contributed by atoms with Crippen LogP contribution >= 0.6 is 0 Å². The van der Waals surface area contributed by atoms with Crippen molar-refractivity contribution in [2.24, 2.45) is 5.92 Å². The van der Waals surface area contributed by atoms with Crippen molar-refractivity contribution >= 4 is 46.7 Å². The zero-order valence-electron chi connectivity index (χ0n) is 34.8. The zero-order valence-corrected chi connectivity index (χ0v) is 33.8. The number of pyridine rings is 2. The number of carboxylic acid groups (broad SMARTS) is 1. The predicted molar refractivity (Wildman–Crippen MR) is 223 cm³/mol. The van der Waals surface area contributed by atoms with E-state index in [2.05, 4.69) is 39.8 Å². The van der Waals surface area contributed by atoms with Crippen LogP contribution in [0.4, 0.5) is 36.2 Å². The van der Waals surface area contributed by atoms with Gasteiger partial charge in [-0.25, -0.2) is 23.5 Å². The van der Waals surface area contributed by atoms with Crippen molar-refractivity contribution in [1.29, 1.82) is 0 Å². The molecule has 0 spiro atoms. The van der Waals surface area contributed by atoms with E-state index in [4.69, 9.17) is 17.9 Å². The smallest absolute Gasteiger partial charge is 0.394 e. The number of piperidine rings is 2. The number of carboxylic acids is 1. The average molecular weight is 822 g/mol. The summed E-state index contributed by atoms with van der Waals surface area (Å²) in [6.07, 6.45) is 8.18. The Morgan fingerprint density at radius 1 is 0.814 bits per heavy atom. The molecule has 2 aliphatic rings. The Kier molecular flexibility index (Phi) is 18.1. The van der Waals surface area contributed by atoms with E-state index in [-0.39, 0.29) is 17.7 Å². The first-order valence-electron chi connectivity index (χ1n) is 20.1. The molecule has 4 aromatic rings. The number of aliphatic carboxylic acids is 1. The molecule has 2 fully saturated rings. The Morgan fingerprint density at radius 2 is 1.31 bits per heavy atom. The molecule has 318 valence electrons. The van der Waals surface area contributed by atoms with Gasteiger partial charge >= 0.3 is 23.7 Å². The molecule has 59 heavy (non-hydrogen) atoms. The number of nitrogens with two attached hydrogens (primary N) is 2. The number of nitrogens with zero attached hydrogens (tertiary/aromatic N) is 3. The van der Waals surface area contributed by atoms with Crippen LogP contribution in [-0.2, 0) is 32.0 Å². The first kappa shape index (κ1) is 45.7. The van der Waals surface area contributed by atoms with Crippen LogP contribution in [0, 0.1) is 17.6 Å². The summed E-state index contributed by atoms with van der Waals surface area (Å²) in [6.45, 7) is 9.58. The number of hydrogen-bond donors (Lipinski definition) is 6. The lowest BCUT2D eigenvalue weighted by molar-refractivity contribution is -0.147. The largest absolute Gasteiger partial charge is 0.474 e. The zero-order chi connectivity index (χ0) is 44.4. The normalized spacial score (nSPS) is 18.5. The fourth-order valence-corrected chi connectivity index (χ4v) is 6.67. The maximum Gasteiger partial charge on any atom is 0.394 e. The van der Waals surface area contributed by atoms with Gasteiger partial charge in [0.05, 0.1) is 38.3 Å². The summed E-state index contributed by atoms with van der Waals surface area (Å²) in [6, 6.07) is 16.7. The number of likely N-dealkylation sites (tertiary alicyclic amines) is 1. The van der Waals surface area contributed by atoms with Crippen LogP contribution in [-0.4, -0.2) is 70.0 Å². The lowest BCUT2D eigenvalue weighted by atomic mass is 9.89. The average Bonchev–Trinajstić information content (AvgIpc) is 3.23. The monoisotopic (exact) mass is 821 g/mol. The maximum absolute atomic E-state index is 13.3. The van der Waals surface area contributed by atoms with Crippen molar-refractivity contribution in [2.75, 3.05) is 42.3 Å². The molecule has 0 radical (unpaired) electrons. The Morgan fingerprint density at radius 3 is 1.76 bits per heavy atom. The first-order chi connectivity index (χ1) is 28.6.